The summed E-state index contributed by atoms with van der Waals surface area (Å²) >= 11 is 0. The van der Waals surface area contributed by atoms with Crippen molar-refractivity contribution in [3.05, 3.63) is 59.9 Å². The van der Waals surface area contributed by atoms with Gasteiger partial charge in [-0.3, -0.25) is 9.59 Å². The van der Waals surface area contributed by atoms with E-state index >= 15 is 0 Å². The first-order valence-electron chi connectivity index (χ1n) is 13.2. The van der Waals surface area contributed by atoms with Crippen LogP contribution in [0.25, 0.3) is 10.9 Å². The zero-order valence-corrected chi connectivity index (χ0v) is 22.2. The van der Waals surface area contributed by atoms with Crippen LogP contribution < -0.4 is 16.4 Å². The second kappa shape index (κ2) is 11.2. The highest BCUT2D eigenvalue weighted by atomic mass is 16.4. The number of aromatic carboxylic acids is 1. The highest BCUT2D eigenvalue weighted by Crippen LogP contribution is 2.48. The topological polar surface area (TPSA) is 139 Å². The van der Waals surface area contributed by atoms with Crippen LogP contribution in [0.4, 0.5) is 5.82 Å². The molecule has 3 atom stereocenters. The number of nitrogens with two attached hydrogens (primary N) is 1. The molecule has 1 unspecified atom stereocenters. The second-order valence-corrected chi connectivity index (χ2v) is 10.7. The van der Waals surface area contributed by atoms with Crippen molar-refractivity contribution in [2.45, 2.75) is 57.4 Å². The predicted molar refractivity (Wildman–Crippen MR) is 147 cm³/mol. The van der Waals surface area contributed by atoms with Gasteiger partial charge in [-0.05, 0) is 43.4 Å². The van der Waals surface area contributed by atoms with Gasteiger partial charge in [-0.2, -0.15) is 0 Å². The molecule has 0 saturated heterocycles. The largest absolute Gasteiger partial charge is 0.477 e. The maximum absolute atomic E-state index is 14.0. The number of benzene rings is 1. The Kier molecular flexibility index (Phi) is 8.04. The highest BCUT2D eigenvalue weighted by molar-refractivity contribution is 6.06. The van der Waals surface area contributed by atoms with E-state index in [4.69, 9.17) is 5.73 Å². The molecule has 0 spiro atoms. The van der Waals surface area contributed by atoms with E-state index in [2.05, 4.69) is 29.5 Å². The summed E-state index contributed by atoms with van der Waals surface area (Å²) in [6, 6.07) is 12.6. The quantitative estimate of drug-likeness (QED) is 0.321. The van der Waals surface area contributed by atoms with Gasteiger partial charge in [-0.1, -0.05) is 51.0 Å². The van der Waals surface area contributed by atoms with Crippen LogP contribution >= 0.6 is 0 Å². The Hall–Kier alpha value is -3.88. The zero-order chi connectivity index (χ0) is 27.4. The lowest BCUT2D eigenvalue weighted by Gasteiger charge is -2.42. The fourth-order valence-electron chi connectivity index (χ4n) is 6.10. The van der Waals surface area contributed by atoms with Gasteiger partial charge in [0, 0.05) is 42.3 Å². The van der Waals surface area contributed by atoms with Crippen LogP contribution in [0.15, 0.2) is 48.7 Å². The van der Waals surface area contributed by atoms with Gasteiger partial charge in [-0.15, -0.1) is 0 Å². The van der Waals surface area contributed by atoms with E-state index in [1.54, 1.807) is 17.8 Å². The smallest absolute Gasteiger partial charge is 0.352 e. The van der Waals surface area contributed by atoms with E-state index in [-0.39, 0.29) is 17.6 Å². The van der Waals surface area contributed by atoms with E-state index in [1.807, 2.05) is 42.5 Å². The fraction of sp³-hybridized carbons (Fsp3) is 0.448. The minimum absolute atomic E-state index is 0.000231. The average Bonchev–Trinajstić information content (AvgIpc) is 3.20. The number of anilines is 1. The fourth-order valence-corrected chi connectivity index (χ4v) is 6.10. The number of hydrogen-bond donors (Lipinski definition) is 4. The predicted octanol–water partition coefficient (Wildman–Crippen LogP) is 3.83. The SMILES string of the molecule is CC(C)CC(CNc1ccccn1)NC(=O)[C@@H]1CCCC[C@@]1(C(N)=O)c1c(C(=O)O)n(C)c2ccccc12. The summed E-state index contributed by atoms with van der Waals surface area (Å²) < 4.78 is 1.58. The van der Waals surface area contributed by atoms with Crippen molar-refractivity contribution in [3.8, 4) is 0 Å². The molecule has 9 nitrogen and oxygen atoms in total. The van der Waals surface area contributed by atoms with Gasteiger partial charge < -0.3 is 26.0 Å². The Morgan fingerprint density at radius 3 is 2.55 bits per heavy atom. The van der Waals surface area contributed by atoms with Crippen molar-refractivity contribution in [1.82, 2.24) is 14.9 Å². The summed E-state index contributed by atoms with van der Waals surface area (Å²) in [6.45, 7) is 4.64. The number of aryl methyl sites for hydroxylation is 1. The monoisotopic (exact) mass is 519 g/mol. The molecule has 0 radical (unpaired) electrons. The number of nitrogens with one attached hydrogen (secondary N) is 2. The zero-order valence-electron chi connectivity index (χ0n) is 22.2. The molecule has 5 N–H and O–H groups in total. The number of carboxylic acid groups (broad SMARTS) is 1. The third kappa shape index (κ3) is 5.10. The third-order valence-corrected chi connectivity index (χ3v) is 7.72. The van der Waals surface area contributed by atoms with Gasteiger partial charge in [0.05, 0.1) is 11.3 Å². The Bertz CT molecular complexity index is 1320. The van der Waals surface area contributed by atoms with Crippen LogP contribution in [0.3, 0.4) is 0 Å². The van der Waals surface area contributed by atoms with Gasteiger partial charge in [0.1, 0.15) is 11.5 Å². The van der Waals surface area contributed by atoms with E-state index < -0.39 is 23.2 Å². The average molecular weight is 520 g/mol. The number of amides is 2. The van der Waals surface area contributed by atoms with Crippen LogP contribution in [0, 0.1) is 11.8 Å². The second-order valence-electron chi connectivity index (χ2n) is 10.7. The molecule has 0 bridgehead atoms. The Morgan fingerprint density at radius 1 is 1.16 bits per heavy atom. The standard InChI is InChI=1S/C29H37N5O4/c1-18(2)16-19(17-32-23-13-7-9-15-31-23)33-26(35)21-11-6-8-14-29(21,28(30)38)24-20-10-4-5-12-22(20)34(3)25(24)27(36)37/h4-5,7,9-10,12-13,15,18-19,21H,6,8,11,14,16-17H2,1-3H3,(H2,30,38)(H,31,32)(H,33,35)(H,36,37)/t19?,21-,29-/m0/s1. The Balaban J connectivity index is 1.74. The van der Waals surface area contributed by atoms with Crippen molar-refractivity contribution in [2.75, 3.05) is 11.9 Å². The number of carbonyl (C=O) groups is 3. The minimum atomic E-state index is -1.44. The molecule has 1 aliphatic carbocycles. The van der Waals surface area contributed by atoms with Crippen LogP contribution in [-0.2, 0) is 22.1 Å². The summed E-state index contributed by atoms with van der Waals surface area (Å²) in [6.07, 6.45) is 4.60. The number of nitrogens with zero attached hydrogens (tertiary/aromatic N) is 2. The highest BCUT2D eigenvalue weighted by Gasteiger charge is 2.54. The number of aromatic nitrogens is 2. The number of hydrogen-bond acceptors (Lipinski definition) is 5. The molecule has 202 valence electrons. The molecular weight excluding hydrogens is 482 g/mol. The molecule has 0 aliphatic heterocycles. The summed E-state index contributed by atoms with van der Waals surface area (Å²) in [7, 11) is 1.67. The lowest BCUT2D eigenvalue weighted by Crippen LogP contribution is -2.56. The molecule has 4 rings (SSSR count). The first kappa shape index (κ1) is 27.2. The van der Waals surface area contributed by atoms with E-state index in [1.165, 1.54) is 0 Å². The van der Waals surface area contributed by atoms with Crippen LogP contribution in [0.5, 0.6) is 0 Å². The first-order valence-corrected chi connectivity index (χ1v) is 13.2. The van der Waals surface area contributed by atoms with Crippen molar-refractivity contribution in [2.24, 2.45) is 24.6 Å². The Morgan fingerprint density at radius 2 is 1.89 bits per heavy atom. The number of fused-ring (bicyclic) bond motifs is 1. The normalized spacial score (nSPS) is 20.3. The molecule has 2 heterocycles. The number of carbonyl (C=O) groups excluding carboxylic acids is 2. The molecule has 1 fully saturated rings. The third-order valence-electron chi connectivity index (χ3n) is 7.72. The molecule has 2 aromatic heterocycles. The molecule has 3 aromatic rings. The van der Waals surface area contributed by atoms with Crippen molar-refractivity contribution in [3.63, 3.8) is 0 Å². The molecule has 1 aromatic carbocycles. The van der Waals surface area contributed by atoms with E-state index in [0.29, 0.717) is 54.0 Å². The van der Waals surface area contributed by atoms with Crippen molar-refractivity contribution < 1.29 is 19.5 Å². The summed E-state index contributed by atoms with van der Waals surface area (Å²) in [4.78, 5) is 44.2. The number of carboxylic acids is 1. The maximum atomic E-state index is 14.0. The summed E-state index contributed by atoms with van der Waals surface area (Å²) in [5, 5.41) is 17.3. The summed E-state index contributed by atoms with van der Waals surface area (Å²) in [5.41, 5.74) is 5.73. The lowest BCUT2D eigenvalue weighted by molar-refractivity contribution is -0.137. The lowest BCUT2D eigenvalue weighted by atomic mass is 9.60. The first-order chi connectivity index (χ1) is 18.2. The number of para-hydroxylation sites is 1. The van der Waals surface area contributed by atoms with Gasteiger partial charge in [0.2, 0.25) is 11.8 Å². The van der Waals surface area contributed by atoms with Crippen molar-refractivity contribution in [1.29, 1.82) is 0 Å². The number of rotatable bonds is 10. The Labute approximate surface area is 222 Å². The molecule has 2 amide bonds. The van der Waals surface area contributed by atoms with Crippen LogP contribution in [0.1, 0.15) is 62.0 Å². The molecule has 1 aliphatic rings. The summed E-state index contributed by atoms with van der Waals surface area (Å²) in [5.74, 6) is -1.86. The van der Waals surface area contributed by atoms with Gasteiger partial charge in [0.25, 0.3) is 0 Å². The van der Waals surface area contributed by atoms with Gasteiger partial charge in [-0.25, -0.2) is 9.78 Å². The minimum Gasteiger partial charge on any atom is -0.477 e. The number of primary amides is 1. The molecule has 38 heavy (non-hydrogen) atoms. The van der Waals surface area contributed by atoms with Crippen LogP contribution in [-0.4, -0.2) is 45.0 Å². The molecular formula is C29H37N5O4. The van der Waals surface area contributed by atoms with Crippen molar-refractivity contribution >= 4 is 34.5 Å². The number of pyridine rings is 1. The van der Waals surface area contributed by atoms with Gasteiger partial charge >= 0.3 is 5.97 Å². The van der Waals surface area contributed by atoms with Crippen LogP contribution in [0.2, 0.25) is 0 Å². The maximum Gasteiger partial charge on any atom is 0.352 e. The molecule has 1 saturated carbocycles. The van der Waals surface area contributed by atoms with Gasteiger partial charge in [0.15, 0.2) is 0 Å². The molecule has 9 heteroatoms. The van der Waals surface area contributed by atoms with E-state index in [9.17, 15) is 19.5 Å². The van der Waals surface area contributed by atoms with E-state index in [0.717, 1.165) is 12.8 Å².